The number of ether oxygens (including phenoxy) is 1. The Bertz CT molecular complexity index is 362. The van der Waals surface area contributed by atoms with E-state index in [0.29, 0.717) is 13.0 Å². The van der Waals surface area contributed by atoms with Gasteiger partial charge in [0.1, 0.15) is 5.60 Å². The van der Waals surface area contributed by atoms with Crippen molar-refractivity contribution in [2.24, 2.45) is 11.7 Å². The molecule has 1 saturated heterocycles. The highest BCUT2D eigenvalue weighted by Crippen LogP contribution is 2.24. The van der Waals surface area contributed by atoms with Crippen molar-refractivity contribution in [1.82, 2.24) is 10.6 Å². The molecule has 0 radical (unpaired) electrons. The summed E-state index contributed by atoms with van der Waals surface area (Å²) in [7, 11) is 0. The molecule has 0 aromatic heterocycles. The van der Waals surface area contributed by atoms with E-state index in [1.165, 1.54) is 0 Å². The van der Waals surface area contributed by atoms with Crippen LogP contribution >= 0.6 is 0 Å². The maximum atomic E-state index is 11.6. The van der Waals surface area contributed by atoms with Gasteiger partial charge >= 0.3 is 0 Å². The van der Waals surface area contributed by atoms with Crippen LogP contribution < -0.4 is 16.4 Å². The summed E-state index contributed by atoms with van der Waals surface area (Å²) in [6.07, 6.45) is 0.172. The molecule has 1 aliphatic rings. The zero-order valence-electron chi connectivity index (χ0n) is 12.3. The molecule has 20 heavy (non-hydrogen) atoms. The summed E-state index contributed by atoms with van der Waals surface area (Å²) in [5, 5.41) is 15.3. The Kier molecular flexibility index (Phi) is 5.91. The number of nitrogens with one attached hydrogen (secondary N) is 2. The van der Waals surface area contributed by atoms with E-state index in [1.54, 1.807) is 6.92 Å². The maximum Gasteiger partial charge on any atom is 0.239 e. The average molecular weight is 287 g/mol. The third kappa shape index (κ3) is 4.43. The molecule has 1 rings (SSSR count). The van der Waals surface area contributed by atoms with Gasteiger partial charge in [0.05, 0.1) is 18.7 Å². The molecular weight excluding hydrogens is 262 g/mol. The Morgan fingerprint density at radius 2 is 2.10 bits per heavy atom. The van der Waals surface area contributed by atoms with E-state index in [2.05, 4.69) is 10.6 Å². The molecule has 7 nitrogen and oxygen atoms in total. The lowest BCUT2D eigenvalue weighted by atomic mass is 9.97. The van der Waals surface area contributed by atoms with Crippen LogP contribution in [0.4, 0.5) is 0 Å². The van der Waals surface area contributed by atoms with Crippen LogP contribution in [0.2, 0.25) is 0 Å². The minimum atomic E-state index is -1.03. The standard InChI is InChI=1S/C13H25N3O4/c1-8(2)11(14)12(18)15-6-10(17)16-7-13(19)4-5-20-9(13)3/h8-9,11,19H,4-7,14H2,1-3H3,(H,15,18)(H,16,17)/t9?,11-,13?/m0/s1. The van der Waals surface area contributed by atoms with Crippen molar-refractivity contribution in [2.75, 3.05) is 19.7 Å². The summed E-state index contributed by atoms with van der Waals surface area (Å²) in [6.45, 7) is 5.88. The van der Waals surface area contributed by atoms with Crippen LogP contribution in [0.3, 0.4) is 0 Å². The highest BCUT2D eigenvalue weighted by Gasteiger charge is 2.39. The molecule has 1 fully saturated rings. The summed E-state index contributed by atoms with van der Waals surface area (Å²) in [5.74, 6) is -0.705. The van der Waals surface area contributed by atoms with Crippen molar-refractivity contribution in [3.63, 3.8) is 0 Å². The van der Waals surface area contributed by atoms with E-state index >= 15 is 0 Å². The predicted octanol–water partition coefficient (Wildman–Crippen LogP) is -1.26. The summed E-state index contributed by atoms with van der Waals surface area (Å²) in [6, 6.07) is -0.629. The van der Waals surface area contributed by atoms with Crippen LogP contribution in [0.5, 0.6) is 0 Å². The van der Waals surface area contributed by atoms with Crippen LogP contribution in [0.15, 0.2) is 0 Å². The van der Waals surface area contributed by atoms with Crippen molar-refractivity contribution >= 4 is 11.8 Å². The van der Waals surface area contributed by atoms with Crippen molar-refractivity contribution < 1.29 is 19.4 Å². The fourth-order valence-corrected chi connectivity index (χ4v) is 1.91. The number of nitrogens with two attached hydrogens (primary N) is 1. The summed E-state index contributed by atoms with van der Waals surface area (Å²) < 4.78 is 5.27. The first-order chi connectivity index (χ1) is 9.26. The fourth-order valence-electron chi connectivity index (χ4n) is 1.91. The minimum absolute atomic E-state index is 0.00950. The van der Waals surface area contributed by atoms with E-state index in [4.69, 9.17) is 10.5 Å². The van der Waals surface area contributed by atoms with Gasteiger partial charge in [-0.1, -0.05) is 13.8 Å². The van der Waals surface area contributed by atoms with Gasteiger partial charge in [-0.15, -0.1) is 0 Å². The number of hydrogen-bond acceptors (Lipinski definition) is 5. The zero-order valence-corrected chi connectivity index (χ0v) is 12.3. The Morgan fingerprint density at radius 1 is 1.45 bits per heavy atom. The Labute approximate surface area is 119 Å². The topological polar surface area (TPSA) is 114 Å². The normalized spacial score (nSPS) is 27.4. The molecule has 0 aromatic carbocycles. The molecule has 2 amide bonds. The van der Waals surface area contributed by atoms with Crippen LogP contribution in [0.1, 0.15) is 27.2 Å². The zero-order chi connectivity index (χ0) is 15.3. The number of carbonyl (C=O) groups is 2. The molecule has 3 atom stereocenters. The van der Waals surface area contributed by atoms with Crippen molar-refractivity contribution in [2.45, 2.75) is 44.9 Å². The third-order valence-electron chi connectivity index (χ3n) is 3.70. The number of amides is 2. The van der Waals surface area contributed by atoms with E-state index in [1.807, 2.05) is 13.8 Å². The van der Waals surface area contributed by atoms with E-state index in [0.717, 1.165) is 0 Å². The van der Waals surface area contributed by atoms with Gasteiger partial charge in [0, 0.05) is 19.6 Å². The fraction of sp³-hybridized carbons (Fsp3) is 0.846. The molecule has 5 N–H and O–H groups in total. The smallest absolute Gasteiger partial charge is 0.239 e. The Balaban J connectivity index is 2.29. The molecular formula is C13H25N3O4. The number of aliphatic hydroxyl groups is 1. The lowest BCUT2D eigenvalue weighted by molar-refractivity contribution is -0.128. The van der Waals surface area contributed by atoms with Crippen molar-refractivity contribution in [1.29, 1.82) is 0 Å². The van der Waals surface area contributed by atoms with E-state index in [9.17, 15) is 14.7 Å². The predicted molar refractivity (Wildman–Crippen MR) is 73.8 cm³/mol. The Hall–Kier alpha value is -1.18. The second-order valence-electron chi connectivity index (χ2n) is 5.63. The van der Waals surface area contributed by atoms with Gasteiger partial charge in [-0.25, -0.2) is 0 Å². The molecule has 0 saturated carbocycles. The summed E-state index contributed by atoms with van der Waals surface area (Å²) >= 11 is 0. The van der Waals surface area contributed by atoms with Crippen molar-refractivity contribution in [3.05, 3.63) is 0 Å². The summed E-state index contributed by atoms with van der Waals surface area (Å²) in [4.78, 5) is 23.2. The van der Waals surface area contributed by atoms with Gasteiger partial charge in [0.25, 0.3) is 0 Å². The van der Waals surface area contributed by atoms with Crippen LogP contribution in [-0.2, 0) is 14.3 Å². The first-order valence-electron chi connectivity index (χ1n) is 6.90. The molecule has 116 valence electrons. The second-order valence-corrected chi connectivity index (χ2v) is 5.63. The minimum Gasteiger partial charge on any atom is -0.385 e. The molecule has 7 heteroatoms. The molecule has 1 heterocycles. The van der Waals surface area contributed by atoms with Gasteiger partial charge < -0.3 is 26.2 Å². The Morgan fingerprint density at radius 3 is 2.60 bits per heavy atom. The molecule has 2 unspecified atom stereocenters. The van der Waals surface area contributed by atoms with E-state index in [-0.39, 0.29) is 36.9 Å². The quantitative estimate of drug-likeness (QED) is 0.487. The number of carbonyl (C=O) groups excluding carboxylic acids is 2. The van der Waals surface area contributed by atoms with Crippen molar-refractivity contribution in [3.8, 4) is 0 Å². The lowest BCUT2D eigenvalue weighted by Gasteiger charge is -2.26. The molecule has 0 bridgehead atoms. The van der Waals surface area contributed by atoms with E-state index < -0.39 is 11.6 Å². The van der Waals surface area contributed by atoms with Crippen LogP contribution in [0.25, 0.3) is 0 Å². The highest BCUT2D eigenvalue weighted by molar-refractivity contribution is 5.87. The average Bonchev–Trinajstić information content (AvgIpc) is 2.73. The number of hydrogen-bond donors (Lipinski definition) is 4. The highest BCUT2D eigenvalue weighted by atomic mass is 16.5. The first-order valence-corrected chi connectivity index (χ1v) is 6.90. The largest absolute Gasteiger partial charge is 0.385 e. The van der Waals surface area contributed by atoms with Gasteiger partial charge in [-0.05, 0) is 12.8 Å². The monoisotopic (exact) mass is 287 g/mol. The summed E-state index contributed by atoms with van der Waals surface area (Å²) in [5.41, 5.74) is 4.62. The van der Waals surface area contributed by atoms with Gasteiger partial charge in [0.15, 0.2) is 0 Å². The third-order valence-corrected chi connectivity index (χ3v) is 3.70. The van der Waals surface area contributed by atoms with Crippen LogP contribution in [0, 0.1) is 5.92 Å². The molecule has 1 aliphatic heterocycles. The first kappa shape index (κ1) is 16.9. The van der Waals surface area contributed by atoms with Crippen LogP contribution in [-0.4, -0.2) is 54.4 Å². The lowest BCUT2D eigenvalue weighted by Crippen LogP contribution is -2.51. The maximum absolute atomic E-state index is 11.6. The molecule has 0 spiro atoms. The van der Waals surface area contributed by atoms with Gasteiger partial charge in [-0.3, -0.25) is 9.59 Å². The number of rotatable bonds is 6. The SMILES string of the molecule is CC(C)[C@H](N)C(=O)NCC(=O)NCC1(O)CCOC1C. The molecule has 0 aromatic rings. The molecule has 0 aliphatic carbocycles. The van der Waals surface area contributed by atoms with Gasteiger partial charge in [0.2, 0.25) is 11.8 Å². The second kappa shape index (κ2) is 7.01. The van der Waals surface area contributed by atoms with Gasteiger partial charge in [-0.2, -0.15) is 0 Å².